The van der Waals surface area contributed by atoms with E-state index in [1.54, 1.807) is 17.4 Å². The number of rotatable bonds is 6. The summed E-state index contributed by atoms with van der Waals surface area (Å²) in [5.41, 5.74) is 6.88. The number of hydrogen-bond donors (Lipinski definition) is 0. The van der Waals surface area contributed by atoms with Gasteiger partial charge in [-0.25, -0.2) is 14.1 Å². The number of nitrogens with zero attached hydrogens (tertiary/aromatic N) is 4. The summed E-state index contributed by atoms with van der Waals surface area (Å²) in [6.45, 7) is 7.60. The second-order valence-electron chi connectivity index (χ2n) is 6.46. The van der Waals surface area contributed by atoms with Gasteiger partial charge in [-0.3, -0.25) is 0 Å². The minimum absolute atomic E-state index is 0.216. The molecule has 2 aromatic heterocycles. The van der Waals surface area contributed by atoms with Crippen LogP contribution in [0.3, 0.4) is 0 Å². The Morgan fingerprint density at radius 2 is 2.00 bits per heavy atom. The van der Waals surface area contributed by atoms with Crippen molar-refractivity contribution in [2.24, 2.45) is 0 Å². The van der Waals surface area contributed by atoms with Gasteiger partial charge in [0.2, 0.25) is 0 Å². The number of aromatic nitrogens is 3. The number of thiazole rings is 1. The molecule has 0 saturated carbocycles. The van der Waals surface area contributed by atoms with E-state index < -0.39 is 0 Å². The zero-order valence-electron chi connectivity index (χ0n) is 15.1. The van der Waals surface area contributed by atoms with Crippen molar-refractivity contribution < 1.29 is 4.39 Å². The van der Waals surface area contributed by atoms with Crippen LogP contribution in [0.15, 0.2) is 29.8 Å². The van der Waals surface area contributed by atoms with E-state index in [1.807, 2.05) is 43.1 Å². The van der Waals surface area contributed by atoms with Gasteiger partial charge in [-0.05, 0) is 64.1 Å². The van der Waals surface area contributed by atoms with Crippen molar-refractivity contribution in [3.05, 3.63) is 63.1 Å². The van der Waals surface area contributed by atoms with Crippen LogP contribution in [0.4, 0.5) is 4.39 Å². The van der Waals surface area contributed by atoms with E-state index in [2.05, 4.69) is 22.0 Å². The average Bonchev–Trinajstić information content (AvgIpc) is 3.10. The van der Waals surface area contributed by atoms with Gasteiger partial charge in [-0.2, -0.15) is 5.10 Å². The molecule has 0 aliphatic carbocycles. The van der Waals surface area contributed by atoms with Crippen LogP contribution in [0.5, 0.6) is 0 Å². The van der Waals surface area contributed by atoms with Crippen molar-refractivity contribution in [3.8, 4) is 5.69 Å². The summed E-state index contributed by atoms with van der Waals surface area (Å²) >= 11 is 1.69. The lowest BCUT2D eigenvalue weighted by Crippen LogP contribution is -2.22. The third kappa shape index (κ3) is 4.14. The van der Waals surface area contributed by atoms with E-state index >= 15 is 0 Å². The molecule has 0 saturated heterocycles. The molecule has 4 nitrogen and oxygen atoms in total. The summed E-state index contributed by atoms with van der Waals surface area (Å²) in [4.78, 5) is 7.82. The predicted octanol–water partition coefficient (Wildman–Crippen LogP) is 4.07. The third-order valence-corrected chi connectivity index (χ3v) is 5.28. The molecule has 3 aromatic rings. The van der Waals surface area contributed by atoms with Gasteiger partial charge >= 0.3 is 0 Å². The molecule has 0 aliphatic rings. The summed E-state index contributed by atoms with van der Waals surface area (Å²) in [7, 11) is 2.06. The lowest BCUT2D eigenvalue weighted by atomic mass is 10.1. The van der Waals surface area contributed by atoms with Gasteiger partial charge in [0.15, 0.2) is 0 Å². The molecule has 0 bridgehead atoms. The zero-order valence-corrected chi connectivity index (χ0v) is 15.9. The van der Waals surface area contributed by atoms with E-state index in [-0.39, 0.29) is 5.82 Å². The fourth-order valence-electron chi connectivity index (χ4n) is 2.99. The summed E-state index contributed by atoms with van der Waals surface area (Å²) < 4.78 is 15.7. The molecule has 0 unspecified atom stereocenters. The van der Waals surface area contributed by atoms with Crippen LogP contribution in [0.2, 0.25) is 0 Å². The normalized spacial score (nSPS) is 11.4. The van der Waals surface area contributed by atoms with Gasteiger partial charge in [0, 0.05) is 23.7 Å². The molecular weight excluding hydrogens is 335 g/mol. The maximum absolute atomic E-state index is 13.8. The van der Waals surface area contributed by atoms with Crippen molar-refractivity contribution >= 4 is 11.3 Å². The molecule has 0 radical (unpaired) electrons. The van der Waals surface area contributed by atoms with E-state index in [0.717, 1.165) is 41.3 Å². The number of benzene rings is 1. The third-order valence-electron chi connectivity index (χ3n) is 4.29. The Morgan fingerprint density at radius 3 is 2.64 bits per heavy atom. The van der Waals surface area contributed by atoms with Crippen LogP contribution in [0.25, 0.3) is 5.69 Å². The van der Waals surface area contributed by atoms with E-state index in [0.29, 0.717) is 6.54 Å². The molecule has 0 N–H and O–H groups in total. The first-order valence-electron chi connectivity index (χ1n) is 8.33. The summed E-state index contributed by atoms with van der Waals surface area (Å²) in [6.07, 6.45) is 0.956. The van der Waals surface area contributed by atoms with Gasteiger partial charge in [0.25, 0.3) is 0 Å². The monoisotopic (exact) mass is 358 g/mol. The van der Waals surface area contributed by atoms with Crippen LogP contribution in [0, 0.1) is 26.6 Å². The summed E-state index contributed by atoms with van der Waals surface area (Å²) in [5.74, 6) is -0.216. The highest BCUT2D eigenvalue weighted by Crippen LogP contribution is 2.20. The fourth-order valence-corrected chi connectivity index (χ4v) is 3.76. The number of halogens is 1. The van der Waals surface area contributed by atoms with Gasteiger partial charge in [-0.1, -0.05) is 0 Å². The Hall–Kier alpha value is -2.05. The van der Waals surface area contributed by atoms with Crippen molar-refractivity contribution in [1.29, 1.82) is 0 Å². The Balaban J connectivity index is 1.78. The van der Waals surface area contributed by atoms with Crippen LogP contribution in [-0.2, 0) is 13.0 Å². The smallest absolute Gasteiger partial charge is 0.123 e. The first-order valence-corrected chi connectivity index (χ1v) is 9.21. The maximum Gasteiger partial charge on any atom is 0.123 e. The molecular formula is C19H23FN4S. The number of aryl methyl sites for hydroxylation is 3. The van der Waals surface area contributed by atoms with Gasteiger partial charge in [0.1, 0.15) is 5.82 Å². The molecule has 132 valence electrons. The van der Waals surface area contributed by atoms with E-state index in [4.69, 9.17) is 0 Å². The molecule has 2 heterocycles. The summed E-state index contributed by atoms with van der Waals surface area (Å²) in [5, 5.41) is 4.55. The van der Waals surface area contributed by atoms with Gasteiger partial charge < -0.3 is 4.90 Å². The van der Waals surface area contributed by atoms with Crippen molar-refractivity contribution in [1.82, 2.24) is 19.7 Å². The average molecular weight is 358 g/mol. The highest BCUT2D eigenvalue weighted by atomic mass is 32.1. The first-order chi connectivity index (χ1) is 11.9. The second-order valence-corrected chi connectivity index (χ2v) is 7.40. The van der Waals surface area contributed by atoms with Crippen LogP contribution in [-0.4, -0.2) is 33.3 Å². The van der Waals surface area contributed by atoms with E-state index in [1.165, 1.54) is 10.9 Å². The molecule has 25 heavy (non-hydrogen) atoms. The van der Waals surface area contributed by atoms with Crippen LogP contribution in [0.1, 0.15) is 27.5 Å². The standard InChI is InChI=1S/C19H23FN4S/c1-13-9-14(2)24(22-13)18-6-5-17(20)10-16(18)11-23(4)8-7-19-15(3)21-12-25-19/h5-6,9-10,12H,7-8,11H2,1-4H3. The minimum Gasteiger partial charge on any atom is -0.302 e. The molecule has 3 rings (SSSR count). The number of hydrogen-bond acceptors (Lipinski definition) is 4. The Labute approximate surface area is 151 Å². The molecule has 0 aliphatic heterocycles. The van der Waals surface area contributed by atoms with Crippen LogP contribution >= 0.6 is 11.3 Å². The largest absolute Gasteiger partial charge is 0.302 e. The SMILES string of the molecule is Cc1cc(C)n(-c2ccc(F)cc2CN(C)CCc2scnc2C)n1. The highest BCUT2D eigenvalue weighted by Gasteiger charge is 2.13. The quantitative estimate of drug-likeness (QED) is 0.666. The van der Waals surface area contributed by atoms with Crippen molar-refractivity contribution in [2.45, 2.75) is 33.7 Å². The molecule has 0 fully saturated rings. The lowest BCUT2D eigenvalue weighted by Gasteiger charge is -2.19. The first kappa shape index (κ1) is 17.8. The molecule has 1 aromatic carbocycles. The van der Waals surface area contributed by atoms with Gasteiger partial charge in [0.05, 0.1) is 22.6 Å². The maximum atomic E-state index is 13.8. The Morgan fingerprint density at radius 1 is 1.20 bits per heavy atom. The Bertz CT molecular complexity index is 868. The highest BCUT2D eigenvalue weighted by molar-refractivity contribution is 7.09. The molecule has 6 heteroatoms. The zero-order chi connectivity index (χ0) is 18.0. The molecule has 0 amide bonds. The fraction of sp³-hybridized carbons (Fsp3) is 0.368. The van der Waals surface area contributed by atoms with Gasteiger partial charge in [-0.15, -0.1) is 11.3 Å². The Kier molecular flexibility index (Phi) is 5.30. The van der Waals surface area contributed by atoms with Crippen molar-refractivity contribution in [2.75, 3.05) is 13.6 Å². The van der Waals surface area contributed by atoms with Crippen LogP contribution < -0.4 is 0 Å². The predicted molar refractivity (Wildman–Crippen MR) is 99.9 cm³/mol. The summed E-state index contributed by atoms with van der Waals surface area (Å²) in [6, 6.07) is 6.95. The molecule has 0 spiro atoms. The lowest BCUT2D eigenvalue weighted by molar-refractivity contribution is 0.330. The van der Waals surface area contributed by atoms with Crippen molar-refractivity contribution in [3.63, 3.8) is 0 Å². The number of likely N-dealkylation sites (N-methyl/N-ethyl adjacent to an activating group) is 1. The minimum atomic E-state index is -0.216. The van der Waals surface area contributed by atoms with E-state index in [9.17, 15) is 4.39 Å². The molecule has 0 atom stereocenters. The topological polar surface area (TPSA) is 34.0 Å². The second kappa shape index (κ2) is 7.45.